The van der Waals surface area contributed by atoms with E-state index in [0.29, 0.717) is 5.69 Å². The van der Waals surface area contributed by atoms with Gasteiger partial charge in [0, 0.05) is 29.4 Å². The summed E-state index contributed by atoms with van der Waals surface area (Å²) in [6, 6.07) is 7.07. The van der Waals surface area contributed by atoms with Crippen molar-refractivity contribution in [1.29, 1.82) is 0 Å². The van der Waals surface area contributed by atoms with Crippen LogP contribution in [0.15, 0.2) is 24.3 Å². The topological polar surface area (TPSA) is 96.2 Å². The van der Waals surface area contributed by atoms with Gasteiger partial charge in [-0.2, -0.15) is 0 Å². The van der Waals surface area contributed by atoms with Gasteiger partial charge in [-0.05, 0) is 57.4 Å². The highest BCUT2D eigenvalue weighted by Gasteiger charge is 2.25. The Labute approximate surface area is 149 Å². The first kappa shape index (κ1) is 20.3. The van der Waals surface area contributed by atoms with Crippen LogP contribution in [0.25, 0.3) is 0 Å². The highest BCUT2D eigenvalue weighted by Crippen LogP contribution is 2.24. The van der Waals surface area contributed by atoms with Crippen LogP contribution in [0, 0.1) is 5.92 Å². The minimum atomic E-state index is -0.243. The molecule has 134 valence electrons. The lowest BCUT2D eigenvalue weighted by Crippen LogP contribution is -2.34. The van der Waals surface area contributed by atoms with Gasteiger partial charge in [0.25, 0.3) is 0 Å². The van der Waals surface area contributed by atoms with Crippen molar-refractivity contribution < 1.29 is 9.59 Å². The Morgan fingerprint density at radius 3 is 2.21 bits per heavy atom. The zero-order valence-electron chi connectivity index (χ0n) is 14.2. The maximum Gasteiger partial charge on any atom is 0.319 e. The maximum atomic E-state index is 12.3. The van der Waals surface area contributed by atoms with Gasteiger partial charge in [-0.15, -0.1) is 12.4 Å². The third-order valence-electron chi connectivity index (χ3n) is 3.92. The Kier molecular flexibility index (Phi) is 8.01. The lowest BCUT2D eigenvalue weighted by molar-refractivity contribution is -0.120. The molecule has 0 aliphatic heterocycles. The first-order valence-corrected chi connectivity index (χ1v) is 8.18. The lowest BCUT2D eigenvalue weighted by Gasteiger charge is -2.25. The zero-order valence-corrected chi connectivity index (χ0v) is 15.0. The molecule has 2 atom stereocenters. The second-order valence-electron chi connectivity index (χ2n) is 6.44. The third-order valence-corrected chi connectivity index (χ3v) is 3.92. The Hall–Kier alpha value is -1.79. The van der Waals surface area contributed by atoms with Crippen molar-refractivity contribution in [3.63, 3.8) is 0 Å². The van der Waals surface area contributed by atoms with E-state index in [9.17, 15) is 9.59 Å². The molecule has 24 heavy (non-hydrogen) atoms. The molecule has 1 saturated carbocycles. The van der Waals surface area contributed by atoms with Gasteiger partial charge in [-0.3, -0.25) is 4.79 Å². The number of nitrogens with one attached hydrogen (secondary N) is 3. The van der Waals surface area contributed by atoms with Gasteiger partial charge in [0.15, 0.2) is 0 Å². The summed E-state index contributed by atoms with van der Waals surface area (Å²) < 4.78 is 0. The summed E-state index contributed by atoms with van der Waals surface area (Å²) in [6.07, 6.45) is 3.66. The van der Waals surface area contributed by atoms with E-state index in [-0.39, 0.29) is 42.3 Å². The summed E-state index contributed by atoms with van der Waals surface area (Å²) in [5, 5.41) is 8.42. The minimum Gasteiger partial charge on any atom is -0.336 e. The van der Waals surface area contributed by atoms with Gasteiger partial charge in [-0.1, -0.05) is 6.42 Å². The van der Waals surface area contributed by atoms with E-state index < -0.39 is 0 Å². The maximum absolute atomic E-state index is 12.3. The fraction of sp³-hybridized carbons (Fsp3) is 0.529. The minimum absolute atomic E-state index is 0. The summed E-state index contributed by atoms with van der Waals surface area (Å²) in [5.74, 6) is 0.0202. The number of rotatable bonds is 4. The molecule has 0 aromatic heterocycles. The molecular weight excluding hydrogens is 328 g/mol. The summed E-state index contributed by atoms with van der Waals surface area (Å²) in [6.45, 7) is 3.80. The van der Waals surface area contributed by atoms with Gasteiger partial charge in [-0.25, -0.2) is 4.79 Å². The fourth-order valence-electron chi connectivity index (χ4n) is 2.78. The van der Waals surface area contributed by atoms with Crippen molar-refractivity contribution in [2.24, 2.45) is 11.7 Å². The standard InChI is InChI=1S/C17H26N4O2.ClH/c1-11(2)19-17(23)21-15-8-6-14(7-9-15)20-16(22)12-4-3-5-13(18)10-12;/h6-9,11-13H,3-5,10,18H2,1-2H3,(H,20,22)(H2,19,21,23);1H. The molecule has 0 spiro atoms. The summed E-state index contributed by atoms with van der Waals surface area (Å²) in [4.78, 5) is 23.9. The van der Waals surface area contributed by atoms with Crippen LogP contribution < -0.4 is 21.7 Å². The van der Waals surface area contributed by atoms with Crippen molar-refractivity contribution in [2.45, 2.75) is 51.6 Å². The van der Waals surface area contributed by atoms with Gasteiger partial charge in [0.2, 0.25) is 5.91 Å². The number of halogens is 1. The molecule has 7 heteroatoms. The number of amides is 3. The van der Waals surface area contributed by atoms with Gasteiger partial charge in [0.05, 0.1) is 0 Å². The third kappa shape index (κ3) is 6.37. The van der Waals surface area contributed by atoms with Crippen LogP contribution in [0.3, 0.4) is 0 Å². The van der Waals surface area contributed by atoms with Gasteiger partial charge >= 0.3 is 6.03 Å². The zero-order chi connectivity index (χ0) is 16.8. The number of carbonyl (C=O) groups excluding carboxylic acids is 2. The van der Waals surface area contributed by atoms with Crippen molar-refractivity contribution in [3.05, 3.63) is 24.3 Å². The van der Waals surface area contributed by atoms with Crippen LogP contribution in [0.5, 0.6) is 0 Å². The molecule has 1 aromatic rings. The predicted octanol–water partition coefficient (Wildman–Crippen LogP) is 3.09. The average Bonchev–Trinajstić information content (AvgIpc) is 2.48. The molecule has 1 aliphatic rings. The van der Waals surface area contributed by atoms with E-state index in [4.69, 9.17) is 5.73 Å². The van der Waals surface area contributed by atoms with Crippen molar-refractivity contribution >= 4 is 35.7 Å². The Balaban J connectivity index is 0.00000288. The van der Waals surface area contributed by atoms with Crippen LogP contribution in [0.2, 0.25) is 0 Å². The van der Waals surface area contributed by atoms with Crippen molar-refractivity contribution in [2.75, 3.05) is 10.6 Å². The molecule has 0 bridgehead atoms. The monoisotopic (exact) mass is 354 g/mol. The Morgan fingerprint density at radius 1 is 1.08 bits per heavy atom. The molecule has 2 rings (SSSR count). The molecule has 1 fully saturated rings. The quantitative estimate of drug-likeness (QED) is 0.669. The van der Waals surface area contributed by atoms with E-state index in [1.54, 1.807) is 24.3 Å². The predicted molar refractivity (Wildman–Crippen MR) is 99.5 cm³/mol. The van der Waals surface area contributed by atoms with Crippen LogP contribution in [0.4, 0.5) is 16.2 Å². The van der Waals surface area contributed by atoms with Gasteiger partial charge < -0.3 is 21.7 Å². The molecule has 3 amide bonds. The van der Waals surface area contributed by atoms with Crippen molar-refractivity contribution in [1.82, 2.24) is 5.32 Å². The van der Waals surface area contributed by atoms with E-state index in [1.165, 1.54) is 0 Å². The largest absolute Gasteiger partial charge is 0.336 e. The Morgan fingerprint density at radius 2 is 1.67 bits per heavy atom. The number of benzene rings is 1. The van der Waals surface area contributed by atoms with E-state index >= 15 is 0 Å². The Bertz CT molecular complexity index is 548. The molecule has 0 radical (unpaired) electrons. The summed E-state index contributed by atoms with van der Waals surface area (Å²) in [7, 11) is 0. The first-order valence-electron chi connectivity index (χ1n) is 8.18. The van der Waals surface area contributed by atoms with Crippen LogP contribution in [0.1, 0.15) is 39.5 Å². The molecular formula is C17H27ClN4O2. The second-order valence-corrected chi connectivity index (χ2v) is 6.44. The number of nitrogens with two attached hydrogens (primary N) is 1. The van der Waals surface area contributed by atoms with Crippen LogP contribution >= 0.6 is 12.4 Å². The number of hydrogen-bond acceptors (Lipinski definition) is 3. The van der Waals surface area contributed by atoms with Crippen LogP contribution in [-0.2, 0) is 4.79 Å². The number of anilines is 2. The summed E-state index contributed by atoms with van der Waals surface area (Å²) >= 11 is 0. The molecule has 1 aliphatic carbocycles. The molecule has 0 saturated heterocycles. The number of urea groups is 1. The number of hydrogen-bond donors (Lipinski definition) is 4. The average molecular weight is 355 g/mol. The smallest absolute Gasteiger partial charge is 0.319 e. The number of carbonyl (C=O) groups is 2. The van der Waals surface area contributed by atoms with E-state index in [0.717, 1.165) is 31.4 Å². The first-order chi connectivity index (χ1) is 10.9. The highest BCUT2D eigenvalue weighted by molar-refractivity contribution is 5.93. The summed E-state index contributed by atoms with van der Waals surface area (Å²) in [5.41, 5.74) is 7.34. The molecule has 0 heterocycles. The van der Waals surface area contributed by atoms with Gasteiger partial charge in [0.1, 0.15) is 0 Å². The molecule has 1 aromatic carbocycles. The SMILES string of the molecule is CC(C)NC(=O)Nc1ccc(NC(=O)C2CCCC(N)C2)cc1.Cl. The normalized spacial score (nSPS) is 20.0. The van der Waals surface area contributed by atoms with Crippen LogP contribution in [-0.4, -0.2) is 24.0 Å². The lowest BCUT2D eigenvalue weighted by atomic mass is 9.85. The highest BCUT2D eigenvalue weighted by atomic mass is 35.5. The second kappa shape index (κ2) is 9.49. The molecule has 2 unspecified atom stereocenters. The van der Waals surface area contributed by atoms with E-state index in [1.807, 2.05) is 13.8 Å². The fourth-order valence-corrected chi connectivity index (χ4v) is 2.78. The molecule has 6 nitrogen and oxygen atoms in total. The van der Waals surface area contributed by atoms with Crippen molar-refractivity contribution in [3.8, 4) is 0 Å². The molecule has 5 N–H and O–H groups in total. The van der Waals surface area contributed by atoms with E-state index in [2.05, 4.69) is 16.0 Å².